The molecule has 2 heteroatoms. The van der Waals surface area contributed by atoms with Gasteiger partial charge in [-0.05, 0) is 30.9 Å². The number of nitrogens with zero attached hydrogens (tertiary/aromatic N) is 1. The molecule has 2 nitrogen and oxygen atoms in total. The Hall–Kier alpha value is -0.860. The Kier molecular flexibility index (Phi) is 4.19. The van der Waals surface area contributed by atoms with Crippen molar-refractivity contribution in [2.45, 2.75) is 38.8 Å². The van der Waals surface area contributed by atoms with E-state index in [4.69, 9.17) is 5.73 Å². The summed E-state index contributed by atoms with van der Waals surface area (Å²) in [6, 6.07) is 11.4. The van der Waals surface area contributed by atoms with E-state index in [9.17, 15) is 0 Å². The van der Waals surface area contributed by atoms with Crippen molar-refractivity contribution in [3.8, 4) is 0 Å². The van der Waals surface area contributed by atoms with Crippen LogP contribution in [0.2, 0.25) is 0 Å². The van der Waals surface area contributed by atoms with E-state index in [-0.39, 0.29) is 6.04 Å². The zero-order valence-corrected chi connectivity index (χ0v) is 11.0. The summed E-state index contributed by atoms with van der Waals surface area (Å²) in [6.45, 7) is 6.89. The molecular formula is C15H24N2. The molecule has 1 saturated heterocycles. The van der Waals surface area contributed by atoms with Gasteiger partial charge in [0.2, 0.25) is 0 Å². The lowest BCUT2D eigenvalue weighted by molar-refractivity contribution is 0.114. The summed E-state index contributed by atoms with van der Waals surface area (Å²) in [5.41, 5.74) is 7.71. The monoisotopic (exact) mass is 232 g/mol. The number of piperidine rings is 1. The largest absolute Gasteiger partial charge is 0.326 e. The van der Waals surface area contributed by atoms with Crippen LogP contribution in [0, 0.1) is 5.92 Å². The first kappa shape index (κ1) is 12.6. The zero-order chi connectivity index (χ0) is 12.3. The van der Waals surface area contributed by atoms with Crippen LogP contribution in [-0.2, 0) is 0 Å². The van der Waals surface area contributed by atoms with Gasteiger partial charge in [-0.2, -0.15) is 0 Å². The van der Waals surface area contributed by atoms with Crippen molar-refractivity contribution in [3.63, 3.8) is 0 Å². The van der Waals surface area contributed by atoms with E-state index in [1.807, 2.05) is 0 Å². The van der Waals surface area contributed by atoms with E-state index >= 15 is 0 Å². The zero-order valence-electron chi connectivity index (χ0n) is 11.0. The van der Waals surface area contributed by atoms with Gasteiger partial charge in [0.05, 0.1) is 0 Å². The molecule has 2 rings (SSSR count). The maximum absolute atomic E-state index is 6.34. The second-order valence-electron chi connectivity index (χ2n) is 5.55. The van der Waals surface area contributed by atoms with Gasteiger partial charge in [-0.25, -0.2) is 0 Å². The first-order chi connectivity index (χ1) is 8.18. The lowest BCUT2D eigenvalue weighted by Crippen LogP contribution is -2.47. The Bertz CT molecular complexity index is 334. The van der Waals surface area contributed by atoms with Crippen LogP contribution in [0.3, 0.4) is 0 Å². The molecule has 1 aliphatic rings. The molecule has 1 heterocycles. The minimum Gasteiger partial charge on any atom is -0.326 e. The van der Waals surface area contributed by atoms with E-state index in [1.165, 1.54) is 18.5 Å². The molecule has 0 bridgehead atoms. The van der Waals surface area contributed by atoms with Gasteiger partial charge in [0, 0.05) is 18.6 Å². The predicted molar refractivity (Wildman–Crippen MR) is 72.8 cm³/mol. The van der Waals surface area contributed by atoms with Gasteiger partial charge < -0.3 is 5.73 Å². The second kappa shape index (κ2) is 5.65. The van der Waals surface area contributed by atoms with Gasteiger partial charge >= 0.3 is 0 Å². The number of likely N-dealkylation sites (tertiary alicyclic amines) is 1. The third-order valence-corrected chi connectivity index (χ3v) is 3.52. The Labute approximate surface area is 105 Å². The number of benzene rings is 1. The molecule has 0 aliphatic carbocycles. The summed E-state index contributed by atoms with van der Waals surface area (Å²) in [7, 11) is 0. The molecule has 1 fully saturated rings. The second-order valence-corrected chi connectivity index (χ2v) is 5.55. The quantitative estimate of drug-likeness (QED) is 0.868. The number of hydrogen-bond acceptors (Lipinski definition) is 2. The number of rotatable bonds is 3. The standard InChI is InChI=1S/C15H24N2/c1-12(2)11-17-10-6-9-14(16)15(17)13-7-4-3-5-8-13/h3-5,7-8,12,14-15H,6,9-11,16H2,1-2H3. The van der Waals surface area contributed by atoms with Crippen LogP contribution in [0.1, 0.15) is 38.3 Å². The Morgan fingerprint density at radius 2 is 2.00 bits per heavy atom. The number of nitrogens with two attached hydrogens (primary N) is 1. The first-order valence-electron chi connectivity index (χ1n) is 6.73. The Morgan fingerprint density at radius 3 is 2.65 bits per heavy atom. The SMILES string of the molecule is CC(C)CN1CCCC(N)C1c1ccccc1. The summed E-state index contributed by atoms with van der Waals surface area (Å²) in [4.78, 5) is 2.56. The fourth-order valence-electron chi connectivity index (χ4n) is 2.88. The van der Waals surface area contributed by atoms with Gasteiger partial charge in [0.15, 0.2) is 0 Å². The molecule has 0 saturated carbocycles. The van der Waals surface area contributed by atoms with Crippen LogP contribution in [0.5, 0.6) is 0 Å². The molecule has 0 amide bonds. The summed E-state index contributed by atoms with van der Waals surface area (Å²) < 4.78 is 0. The summed E-state index contributed by atoms with van der Waals surface area (Å²) >= 11 is 0. The highest BCUT2D eigenvalue weighted by atomic mass is 15.2. The molecule has 0 spiro atoms. The average Bonchev–Trinajstić information content (AvgIpc) is 2.29. The molecule has 94 valence electrons. The van der Waals surface area contributed by atoms with Crippen LogP contribution >= 0.6 is 0 Å². The van der Waals surface area contributed by atoms with Gasteiger partial charge in [-0.15, -0.1) is 0 Å². The van der Waals surface area contributed by atoms with Crippen molar-refractivity contribution in [2.75, 3.05) is 13.1 Å². The Balaban J connectivity index is 2.19. The van der Waals surface area contributed by atoms with Crippen LogP contribution in [0.15, 0.2) is 30.3 Å². The molecule has 0 aromatic heterocycles. The van der Waals surface area contributed by atoms with E-state index < -0.39 is 0 Å². The summed E-state index contributed by atoms with van der Waals surface area (Å²) in [6.07, 6.45) is 2.38. The van der Waals surface area contributed by atoms with Gasteiger partial charge in [-0.3, -0.25) is 4.90 Å². The maximum atomic E-state index is 6.34. The molecule has 1 aromatic carbocycles. The molecule has 2 N–H and O–H groups in total. The molecule has 2 atom stereocenters. The fourth-order valence-corrected chi connectivity index (χ4v) is 2.88. The highest BCUT2D eigenvalue weighted by Crippen LogP contribution is 2.30. The van der Waals surface area contributed by atoms with Crippen LogP contribution < -0.4 is 5.73 Å². The van der Waals surface area contributed by atoms with Crippen molar-refractivity contribution in [2.24, 2.45) is 11.7 Å². The van der Waals surface area contributed by atoms with Crippen molar-refractivity contribution in [1.82, 2.24) is 4.90 Å². The van der Waals surface area contributed by atoms with Gasteiger partial charge in [0.25, 0.3) is 0 Å². The normalized spacial score (nSPS) is 26.4. The summed E-state index contributed by atoms with van der Waals surface area (Å²) in [5.74, 6) is 0.700. The molecule has 2 unspecified atom stereocenters. The van der Waals surface area contributed by atoms with E-state index in [1.54, 1.807) is 0 Å². The molecule has 1 aliphatic heterocycles. The minimum atomic E-state index is 0.282. The minimum absolute atomic E-state index is 0.282. The predicted octanol–water partition coefficient (Wildman–Crippen LogP) is 2.81. The smallest absolute Gasteiger partial charge is 0.0499 e. The molecule has 17 heavy (non-hydrogen) atoms. The van der Waals surface area contributed by atoms with E-state index in [0.29, 0.717) is 12.0 Å². The lowest BCUT2D eigenvalue weighted by atomic mass is 9.90. The molecular weight excluding hydrogens is 208 g/mol. The van der Waals surface area contributed by atoms with Crippen LogP contribution in [-0.4, -0.2) is 24.0 Å². The molecule has 0 radical (unpaired) electrons. The highest BCUT2D eigenvalue weighted by molar-refractivity contribution is 5.21. The number of hydrogen-bond donors (Lipinski definition) is 1. The van der Waals surface area contributed by atoms with Crippen molar-refractivity contribution in [3.05, 3.63) is 35.9 Å². The summed E-state index contributed by atoms with van der Waals surface area (Å²) in [5, 5.41) is 0. The van der Waals surface area contributed by atoms with Crippen LogP contribution in [0.4, 0.5) is 0 Å². The highest BCUT2D eigenvalue weighted by Gasteiger charge is 2.30. The van der Waals surface area contributed by atoms with Crippen molar-refractivity contribution >= 4 is 0 Å². The van der Waals surface area contributed by atoms with Gasteiger partial charge in [0.1, 0.15) is 0 Å². The third-order valence-electron chi connectivity index (χ3n) is 3.52. The maximum Gasteiger partial charge on any atom is 0.0499 e. The van der Waals surface area contributed by atoms with E-state index in [0.717, 1.165) is 13.0 Å². The Morgan fingerprint density at radius 1 is 1.29 bits per heavy atom. The van der Waals surface area contributed by atoms with Gasteiger partial charge in [-0.1, -0.05) is 44.2 Å². The third kappa shape index (κ3) is 3.08. The fraction of sp³-hybridized carbons (Fsp3) is 0.600. The van der Waals surface area contributed by atoms with Crippen molar-refractivity contribution in [1.29, 1.82) is 0 Å². The van der Waals surface area contributed by atoms with Crippen LogP contribution in [0.25, 0.3) is 0 Å². The molecule has 1 aromatic rings. The topological polar surface area (TPSA) is 29.3 Å². The first-order valence-corrected chi connectivity index (χ1v) is 6.73. The average molecular weight is 232 g/mol. The lowest BCUT2D eigenvalue weighted by Gasteiger charge is -2.41. The van der Waals surface area contributed by atoms with E-state index in [2.05, 4.69) is 49.1 Å². The van der Waals surface area contributed by atoms with Crippen molar-refractivity contribution < 1.29 is 0 Å².